The summed E-state index contributed by atoms with van der Waals surface area (Å²) < 4.78 is 0. The van der Waals surface area contributed by atoms with E-state index in [4.69, 9.17) is 10.9 Å². The number of carbonyl (C=O) groups is 1. The second-order valence-corrected chi connectivity index (χ2v) is 6.02. The van der Waals surface area contributed by atoms with Crippen molar-refractivity contribution in [3.63, 3.8) is 0 Å². The lowest BCUT2D eigenvalue weighted by molar-refractivity contribution is -0.141. The molecule has 0 aromatic heterocycles. The molecular formula is C13H24N4O2. The number of hydrogen-bond acceptors (Lipinski definition) is 4. The van der Waals surface area contributed by atoms with Gasteiger partial charge in [-0.2, -0.15) is 0 Å². The number of nitrogens with two attached hydrogens (primary N) is 1. The lowest BCUT2D eigenvalue weighted by Crippen LogP contribution is -2.55. The number of amides is 1. The molecule has 2 fully saturated rings. The molecule has 0 aromatic carbocycles. The van der Waals surface area contributed by atoms with E-state index >= 15 is 0 Å². The normalized spacial score (nSPS) is 27.1. The molecule has 1 saturated carbocycles. The Labute approximate surface area is 114 Å². The molecule has 1 aliphatic carbocycles. The van der Waals surface area contributed by atoms with Crippen LogP contribution in [0.1, 0.15) is 25.7 Å². The number of carbonyl (C=O) groups excluding carboxylic acids is 1. The number of rotatable bonds is 4. The molecule has 1 atom stereocenters. The summed E-state index contributed by atoms with van der Waals surface area (Å²) in [4.78, 5) is 16.6. The van der Waals surface area contributed by atoms with E-state index in [1.807, 2.05) is 7.05 Å². The van der Waals surface area contributed by atoms with Crippen molar-refractivity contribution in [2.24, 2.45) is 22.2 Å². The third-order valence-electron chi connectivity index (χ3n) is 4.58. The van der Waals surface area contributed by atoms with Gasteiger partial charge in [-0.25, -0.2) is 0 Å². The minimum Gasteiger partial charge on any atom is -0.409 e. The Kier molecular flexibility index (Phi) is 3.99. The van der Waals surface area contributed by atoms with Gasteiger partial charge in [-0.05, 0) is 38.8 Å². The van der Waals surface area contributed by atoms with Gasteiger partial charge in [-0.1, -0.05) is 11.6 Å². The van der Waals surface area contributed by atoms with E-state index in [0.29, 0.717) is 18.8 Å². The first kappa shape index (κ1) is 14.1. The molecule has 1 unspecified atom stereocenters. The fourth-order valence-corrected chi connectivity index (χ4v) is 3.22. The minimum atomic E-state index is -0.742. The summed E-state index contributed by atoms with van der Waals surface area (Å²) >= 11 is 0. The highest BCUT2D eigenvalue weighted by Gasteiger charge is 2.49. The zero-order chi connectivity index (χ0) is 14.0. The molecule has 3 N–H and O–H groups in total. The summed E-state index contributed by atoms with van der Waals surface area (Å²) in [6, 6.07) is 0. The maximum Gasteiger partial charge on any atom is 0.236 e. The molecule has 19 heavy (non-hydrogen) atoms. The summed E-state index contributed by atoms with van der Waals surface area (Å²) in [6.07, 6.45) is 3.47. The summed E-state index contributed by atoms with van der Waals surface area (Å²) in [5, 5.41) is 11.9. The standard InChI is InChI=1S/C13H24N4O2/c1-16-7-4-10(8-16)9-17(2)12(18)13(5-3-6-13)11(14)15-19/h10,19H,3-9H2,1-2H3,(H2,14,15). The molecule has 2 aliphatic rings. The van der Waals surface area contributed by atoms with Crippen molar-refractivity contribution in [2.45, 2.75) is 25.7 Å². The van der Waals surface area contributed by atoms with Crippen LogP contribution in [0.15, 0.2) is 5.16 Å². The highest BCUT2D eigenvalue weighted by molar-refractivity contribution is 6.07. The fraction of sp³-hybridized carbons (Fsp3) is 0.846. The predicted octanol–water partition coefficient (Wildman–Crippen LogP) is 0.313. The van der Waals surface area contributed by atoms with Gasteiger partial charge >= 0.3 is 0 Å². The van der Waals surface area contributed by atoms with Crippen molar-refractivity contribution in [3.8, 4) is 0 Å². The Morgan fingerprint density at radius 3 is 2.68 bits per heavy atom. The summed E-state index contributed by atoms with van der Waals surface area (Å²) in [7, 11) is 3.93. The molecule has 0 spiro atoms. The molecule has 6 nitrogen and oxygen atoms in total. The molecular weight excluding hydrogens is 244 g/mol. The summed E-state index contributed by atoms with van der Waals surface area (Å²) in [6.45, 7) is 2.88. The first-order valence-electron chi connectivity index (χ1n) is 6.91. The smallest absolute Gasteiger partial charge is 0.236 e. The monoisotopic (exact) mass is 268 g/mol. The third kappa shape index (κ3) is 2.54. The van der Waals surface area contributed by atoms with Crippen LogP contribution in [0.2, 0.25) is 0 Å². The van der Waals surface area contributed by atoms with Crippen molar-refractivity contribution in [1.82, 2.24) is 9.80 Å². The van der Waals surface area contributed by atoms with Crippen LogP contribution in [0, 0.1) is 11.3 Å². The van der Waals surface area contributed by atoms with Gasteiger partial charge in [-0.15, -0.1) is 0 Å². The highest BCUT2D eigenvalue weighted by atomic mass is 16.4. The molecule has 108 valence electrons. The van der Waals surface area contributed by atoms with Gasteiger partial charge in [-0.3, -0.25) is 4.79 Å². The SMILES string of the molecule is CN1CCC(CN(C)C(=O)C2(C(N)=NO)CCC2)C1. The minimum absolute atomic E-state index is 0.00334. The van der Waals surface area contributed by atoms with E-state index in [0.717, 1.165) is 32.5 Å². The molecule has 1 heterocycles. The average Bonchev–Trinajstić information content (AvgIpc) is 2.72. The molecule has 1 saturated heterocycles. The topological polar surface area (TPSA) is 82.2 Å². The number of likely N-dealkylation sites (tertiary alicyclic amines) is 1. The van der Waals surface area contributed by atoms with E-state index in [2.05, 4.69) is 17.1 Å². The second kappa shape index (κ2) is 5.36. The van der Waals surface area contributed by atoms with Crippen molar-refractivity contribution < 1.29 is 10.0 Å². The van der Waals surface area contributed by atoms with Gasteiger partial charge in [0.05, 0.1) is 0 Å². The molecule has 0 radical (unpaired) electrons. The number of oxime groups is 1. The molecule has 0 aromatic rings. The summed E-state index contributed by atoms with van der Waals surface area (Å²) in [5.41, 5.74) is 4.98. The quantitative estimate of drug-likeness (QED) is 0.333. The van der Waals surface area contributed by atoms with Gasteiger partial charge in [0.15, 0.2) is 5.84 Å². The van der Waals surface area contributed by atoms with E-state index < -0.39 is 5.41 Å². The van der Waals surface area contributed by atoms with E-state index in [1.165, 1.54) is 0 Å². The van der Waals surface area contributed by atoms with Crippen LogP contribution in [0.3, 0.4) is 0 Å². The van der Waals surface area contributed by atoms with Gasteiger partial charge < -0.3 is 20.7 Å². The second-order valence-electron chi connectivity index (χ2n) is 6.02. The largest absolute Gasteiger partial charge is 0.409 e. The van der Waals surface area contributed by atoms with Crippen molar-refractivity contribution in [3.05, 3.63) is 0 Å². The van der Waals surface area contributed by atoms with Crippen LogP contribution in [0.25, 0.3) is 0 Å². The maximum absolute atomic E-state index is 12.6. The van der Waals surface area contributed by atoms with Gasteiger partial charge in [0, 0.05) is 20.1 Å². The van der Waals surface area contributed by atoms with E-state index in [-0.39, 0.29) is 11.7 Å². The Balaban J connectivity index is 1.98. The Bertz CT molecular complexity index is 379. The Morgan fingerprint density at radius 1 is 1.58 bits per heavy atom. The highest BCUT2D eigenvalue weighted by Crippen LogP contribution is 2.42. The third-order valence-corrected chi connectivity index (χ3v) is 4.58. The zero-order valence-corrected chi connectivity index (χ0v) is 11.8. The number of amidine groups is 1. The predicted molar refractivity (Wildman–Crippen MR) is 72.9 cm³/mol. The maximum atomic E-state index is 12.6. The van der Waals surface area contributed by atoms with Crippen LogP contribution < -0.4 is 5.73 Å². The number of nitrogens with zero attached hydrogens (tertiary/aromatic N) is 3. The molecule has 0 bridgehead atoms. The van der Waals surface area contributed by atoms with Crippen LogP contribution >= 0.6 is 0 Å². The fourth-order valence-electron chi connectivity index (χ4n) is 3.22. The van der Waals surface area contributed by atoms with E-state index in [9.17, 15) is 4.79 Å². The van der Waals surface area contributed by atoms with E-state index in [1.54, 1.807) is 4.90 Å². The van der Waals surface area contributed by atoms with Crippen LogP contribution in [0.4, 0.5) is 0 Å². The Morgan fingerprint density at radius 2 is 2.26 bits per heavy atom. The van der Waals surface area contributed by atoms with Gasteiger partial charge in [0.1, 0.15) is 5.41 Å². The van der Waals surface area contributed by atoms with Gasteiger partial charge in [0.2, 0.25) is 5.91 Å². The van der Waals surface area contributed by atoms with Crippen LogP contribution in [0.5, 0.6) is 0 Å². The van der Waals surface area contributed by atoms with Gasteiger partial charge in [0.25, 0.3) is 0 Å². The lowest BCUT2D eigenvalue weighted by Gasteiger charge is -2.41. The Hall–Kier alpha value is -1.30. The summed E-state index contributed by atoms with van der Waals surface area (Å²) in [5.74, 6) is 0.603. The number of hydrogen-bond donors (Lipinski definition) is 2. The first-order chi connectivity index (χ1) is 8.99. The zero-order valence-electron chi connectivity index (χ0n) is 11.8. The molecule has 1 aliphatic heterocycles. The molecule has 2 rings (SSSR count). The van der Waals surface area contributed by atoms with Crippen molar-refractivity contribution in [2.75, 3.05) is 33.7 Å². The van der Waals surface area contributed by atoms with Crippen LogP contribution in [-0.2, 0) is 4.79 Å². The molecule has 6 heteroatoms. The lowest BCUT2D eigenvalue weighted by atomic mass is 9.67. The van der Waals surface area contributed by atoms with Crippen molar-refractivity contribution >= 4 is 11.7 Å². The first-order valence-corrected chi connectivity index (χ1v) is 6.91. The molecule has 1 amide bonds. The van der Waals surface area contributed by atoms with Crippen molar-refractivity contribution in [1.29, 1.82) is 0 Å². The average molecular weight is 268 g/mol. The van der Waals surface area contributed by atoms with Crippen LogP contribution in [-0.4, -0.2) is 60.5 Å².